The molecule has 0 bridgehead atoms. The lowest BCUT2D eigenvalue weighted by Gasteiger charge is -2.33. The first kappa shape index (κ1) is 17.8. The Labute approximate surface area is 126 Å². The van der Waals surface area contributed by atoms with E-state index in [-0.39, 0.29) is 23.7 Å². The average molecular weight is 280 g/mol. The SMILES string of the molecule is C=CCC(CCC)(CCC)CB1OC(C)(C)C(C)(C)O1. The second-order valence-corrected chi connectivity index (χ2v) is 7.38. The minimum atomic E-state index is -0.226. The predicted molar refractivity (Wildman–Crippen MR) is 88.0 cm³/mol. The first-order chi connectivity index (χ1) is 9.22. The van der Waals surface area contributed by atoms with Crippen LogP contribution in [0.4, 0.5) is 0 Å². The maximum Gasteiger partial charge on any atom is 0.458 e. The average Bonchev–Trinajstić information content (AvgIpc) is 2.47. The highest BCUT2D eigenvalue weighted by Crippen LogP contribution is 2.45. The molecule has 0 atom stereocenters. The van der Waals surface area contributed by atoms with Gasteiger partial charge in [-0.3, -0.25) is 0 Å². The van der Waals surface area contributed by atoms with Gasteiger partial charge in [0.1, 0.15) is 0 Å². The molecule has 0 N–H and O–H groups in total. The van der Waals surface area contributed by atoms with E-state index in [1.54, 1.807) is 0 Å². The molecular formula is C17H33BO2. The summed E-state index contributed by atoms with van der Waals surface area (Å²) in [7, 11) is -0.0851. The molecule has 1 rings (SSSR count). The Morgan fingerprint density at radius 2 is 1.45 bits per heavy atom. The van der Waals surface area contributed by atoms with E-state index in [0.717, 1.165) is 12.7 Å². The van der Waals surface area contributed by atoms with Crippen molar-refractivity contribution in [2.24, 2.45) is 5.41 Å². The summed E-state index contributed by atoms with van der Waals surface area (Å²) in [5, 5.41) is 0. The molecule has 0 saturated carbocycles. The van der Waals surface area contributed by atoms with Crippen molar-refractivity contribution in [3.63, 3.8) is 0 Å². The fraction of sp³-hybridized carbons (Fsp3) is 0.882. The summed E-state index contributed by atoms with van der Waals surface area (Å²) in [5.41, 5.74) is -0.168. The topological polar surface area (TPSA) is 18.5 Å². The monoisotopic (exact) mass is 280 g/mol. The first-order valence-electron chi connectivity index (χ1n) is 8.18. The van der Waals surface area contributed by atoms with Crippen molar-refractivity contribution in [1.82, 2.24) is 0 Å². The van der Waals surface area contributed by atoms with Crippen LogP contribution in [0.15, 0.2) is 12.7 Å². The Morgan fingerprint density at radius 3 is 1.80 bits per heavy atom. The van der Waals surface area contributed by atoms with E-state index in [4.69, 9.17) is 9.31 Å². The van der Waals surface area contributed by atoms with Crippen molar-refractivity contribution in [1.29, 1.82) is 0 Å². The third-order valence-corrected chi connectivity index (χ3v) is 5.04. The van der Waals surface area contributed by atoms with Crippen molar-refractivity contribution in [2.75, 3.05) is 0 Å². The first-order valence-corrected chi connectivity index (χ1v) is 8.18. The lowest BCUT2D eigenvalue weighted by atomic mass is 9.62. The van der Waals surface area contributed by atoms with Gasteiger partial charge in [-0.1, -0.05) is 32.8 Å². The van der Waals surface area contributed by atoms with Gasteiger partial charge < -0.3 is 9.31 Å². The summed E-state index contributed by atoms with van der Waals surface area (Å²) >= 11 is 0. The van der Waals surface area contributed by atoms with Gasteiger partial charge in [-0.2, -0.15) is 0 Å². The van der Waals surface area contributed by atoms with Crippen LogP contribution >= 0.6 is 0 Å². The highest BCUT2D eigenvalue weighted by molar-refractivity contribution is 6.45. The van der Waals surface area contributed by atoms with E-state index < -0.39 is 0 Å². The van der Waals surface area contributed by atoms with E-state index in [0.29, 0.717) is 0 Å². The molecule has 0 radical (unpaired) electrons. The normalized spacial score (nSPS) is 21.2. The maximum absolute atomic E-state index is 6.20. The van der Waals surface area contributed by atoms with Gasteiger partial charge >= 0.3 is 7.12 Å². The molecule has 1 saturated heterocycles. The van der Waals surface area contributed by atoms with E-state index in [9.17, 15) is 0 Å². The van der Waals surface area contributed by atoms with Gasteiger partial charge in [0.2, 0.25) is 0 Å². The Morgan fingerprint density at radius 1 is 1.00 bits per heavy atom. The number of rotatable bonds is 8. The zero-order valence-corrected chi connectivity index (χ0v) is 14.4. The molecule has 116 valence electrons. The molecule has 0 aromatic heterocycles. The zero-order chi connectivity index (χ0) is 15.4. The van der Waals surface area contributed by atoms with Crippen LogP contribution in [-0.2, 0) is 9.31 Å². The molecule has 0 spiro atoms. The van der Waals surface area contributed by atoms with Crippen LogP contribution in [0.2, 0.25) is 6.32 Å². The van der Waals surface area contributed by atoms with Crippen molar-refractivity contribution in [3.8, 4) is 0 Å². The van der Waals surface area contributed by atoms with E-state index in [1.165, 1.54) is 25.7 Å². The van der Waals surface area contributed by atoms with Crippen LogP contribution in [0, 0.1) is 5.41 Å². The summed E-state index contributed by atoms with van der Waals surface area (Å²) in [6.07, 6.45) is 8.94. The molecule has 0 aliphatic carbocycles. The summed E-state index contributed by atoms with van der Waals surface area (Å²) in [6, 6.07) is 0. The Balaban J connectivity index is 2.83. The third-order valence-electron chi connectivity index (χ3n) is 5.04. The summed E-state index contributed by atoms with van der Waals surface area (Å²) in [6.45, 7) is 17.0. The molecule has 0 amide bonds. The van der Waals surface area contributed by atoms with Crippen LogP contribution < -0.4 is 0 Å². The standard InChI is InChI=1S/C17H33BO2/c1-8-11-17(12-9-2,13-10-3)14-18-19-15(4,5)16(6,7)20-18/h8H,1,9-14H2,2-7H3. The van der Waals surface area contributed by atoms with Crippen LogP contribution in [0.1, 0.15) is 73.6 Å². The van der Waals surface area contributed by atoms with Gasteiger partial charge in [-0.15, -0.1) is 6.58 Å². The molecule has 1 aliphatic heterocycles. The zero-order valence-electron chi connectivity index (χ0n) is 14.4. The highest BCUT2D eigenvalue weighted by Gasteiger charge is 2.52. The fourth-order valence-corrected chi connectivity index (χ4v) is 3.39. The van der Waals surface area contributed by atoms with E-state index in [1.807, 2.05) is 0 Å². The number of hydrogen-bond donors (Lipinski definition) is 0. The minimum absolute atomic E-state index is 0.0851. The van der Waals surface area contributed by atoms with Crippen molar-refractivity contribution >= 4 is 7.12 Å². The predicted octanol–water partition coefficient (Wildman–Crippen LogP) is 5.24. The van der Waals surface area contributed by atoms with E-state index >= 15 is 0 Å². The van der Waals surface area contributed by atoms with Crippen LogP contribution in [0.5, 0.6) is 0 Å². The lowest BCUT2D eigenvalue weighted by Crippen LogP contribution is -2.41. The highest BCUT2D eigenvalue weighted by atomic mass is 16.7. The van der Waals surface area contributed by atoms with Crippen LogP contribution in [-0.4, -0.2) is 18.3 Å². The van der Waals surface area contributed by atoms with Gasteiger partial charge in [-0.05, 0) is 58.7 Å². The Kier molecular flexibility index (Phi) is 5.92. The molecule has 1 heterocycles. The van der Waals surface area contributed by atoms with Crippen molar-refractivity contribution in [2.45, 2.75) is 91.2 Å². The van der Waals surface area contributed by atoms with Crippen molar-refractivity contribution in [3.05, 3.63) is 12.7 Å². The molecule has 1 fully saturated rings. The van der Waals surface area contributed by atoms with Gasteiger partial charge in [-0.25, -0.2) is 0 Å². The van der Waals surface area contributed by atoms with Gasteiger partial charge in [0, 0.05) is 0 Å². The lowest BCUT2D eigenvalue weighted by molar-refractivity contribution is 0.00578. The van der Waals surface area contributed by atoms with Crippen molar-refractivity contribution < 1.29 is 9.31 Å². The molecule has 20 heavy (non-hydrogen) atoms. The Bertz CT molecular complexity index is 301. The quantitative estimate of drug-likeness (QED) is 0.447. The van der Waals surface area contributed by atoms with Gasteiger partial charge in [0.15, 0.2) is 0 Å². The molecule has 1 aliphatic rings. The van der Waals surface area contributed by atoms with E-state index in [2.05, 4.69) is 54.2 Å². The second-order valence-electron chi connectivity index (χ2n) is 7.38. The minimum Gasteiger partial charge on any atom is -0.403 e. The summed E-state index contributed by atoms with van der Waals surface area (Å²) < 4.78 is 12.4. The molecular weight excluding hydrogens is 247 g/mol. The number of allylic oxidation sites excluding steroid dienone is 1. The smallest absolute Gasteiger partial charge is 0.403 e. The molecule has 0 aromatic carbocycles. The summed E-state index contributed by atoms with van der Waals surface area (Å²) in [5.74, 6) is 0. The molecule has 0 aromatic rings. The largest absolute Gasteiger partial charge is 0.458 e. The second kappa shape index (κ2) is 6.66. The van der Waals surface area contributed by atoms with Crippen LogP contribution in [0.25, 0.3) is 0 Å². The summed E-state index contributed by atoms with van der Waals surface area (Å²) in [4.78, 5) is 0. The van der Waals surface area contributed by atoms with Crippen LogP contribution in [0.3, 0.4) is 0 Å². The fourth-order valence-electron chi connectivity index (χ4n) is 3.39. The maximum atomic E-state index is 6.20. The van der Waals surface area contributed by atoms with Gasteiger partial charge in [0.25, 0.3) is 0 Å². The molecule has 0 unspecified atom stereocenters. The third kappa shape index (κ3) is 3.88. The molecule has 3 heteroatoms. The van der Waals surface area contributed by atoms with Gasteiger partial charge in [0.05, 0.1) is 11.2 Å². The molecule has 2 nitrogen and oxygen atoms in total. The number of hydrogen-bond acceptors (Lipinski definition) is 2. The Hall–Kier alpha value is -0.275.